The second kappa shape index (κ2) is 7.88. The van der Waals surface area contributed by atoms with Crippen LogP contribution in [-0.4, -0.2) is 30.1 Å². The van der Waals surface area contributed by atoms with Crippen LogP contribution >= 0.6 is 0 Å². The molecule has 1 heterocycles. The van der Waals surface area contributed by atoms with Crippen molar-refractivity contribution in [2.45, 2.75) is 51.6 Å². The Kier molecular flexibility index (Phi) is 5.15. The van der Waals surface area contributed by atoms with Gasteiger partial charge in [0, 0.05) is 25.2 Å². The molecule has 1 aromatic carbocycles. The van der Waals surface area contributed by atoms with Crippen LogP contribution in [0.15, 0.2) is 48.8 Å². The van der Waals surface area contributed by atoms with Crippen molar-refractivity contribution < 1.29 is 19.1 Å². The van der Waals surface area contributed by atoms with E-state index in [-0.39, 0.29) is 29.4 Å². The molecule has 0 bridgehead atoms. The largest absolute Gasteiger partial charge is 0.465 e. The van der Waals surface area contributed by atoms with Crippen LogP contribution in [0.3, 0.4) is 0 Å². The Morgan fingerprint density at radius 3 is 2.78 bits per heavy atom. The molecule has 2 aromatic rings. The second-order valence-electron chi connectivity index (χ2n) is 9.60. The lowest BCUT2D eigenvalue weighted by atomic mass is 9.53. The number of carbonyl (C=O) groups is 2. The fourth-order valence-electron chi connectivity index (χ4n) is 6.74. The molecule has 0 radical (unpaired) electrons. The van der Waals surface area contributed by atoms with Gasteiger partial charge in [0.25, 0.3) is 0 Å². The molecular formula is C27H29NO4. The zero-order valence-corrected chi connectivity index (χ0v) is 18.8. The Hall–Kier alpha value is -2.95. The SMILES string of the molecule is COC(=O)c1ccc2c(c1)CC[C@@H]1[C@@H]2[C@H](OC(C)=O)C[C@]2(C)C(c3cccnc3)=CC[C@@H]12. The van der Waals surface area contributed by atoms with Crippen LogP contribution in [-0.2, 0) is 20.7 Å². The van der Waals surface area contributed by atoms with E-state index in [1.807, 2.05) is 24.4 Å². The zero-order chi connectivity index (χ0) is 22.5. The molecule has 5 heteroatoms. The lowest BCUT2D eigenvalue weighted by molar-refractivity contribution is -0.154. The summed E-state index contributed by atoms with van der Waals surface area (Å²) in [6.45, 7) is 3.84. The number of aromatic nitrogens is 1. The Balaban J connectivity index is 1.55. The average molecular weight is 432 g/mol. The highest BCUT2D eigenvalue weighted by Crippen LogP contribution is 2.63. The fourth-order valence-corrected chi connectivity index (χ4v) is 6.74. The van der Waals surface area contributed by atoms with Gasteiger partial charge < -0.3 is 9.47 Å². The summed E-state index contributed by atoms with van der Waals surface area (Å²) in [5, 5.41) is 0. The van der Waals surface area contributed by atoms with Crippen molar-refractivity contribution in [2.24, 2.45) is 17.3 Å². The van der Waals surface area contributed by atoms with E-state index >= 15 is 0 Å². The maximum absolute atomic E-state index is 12.1. The quantitative estimate of drug-likeness (QED) is 0.643. The number of carbonyl (C=O) groups excluding carboxylic acids is 2. The Labute approximate surface area is 188 Å². The minimum atomic E-state index is -0.316. The number of aryl methyl sites for hydroxylation is 1. The van der Waals surface area contributed by atoms with Crippen molar-refractivity contribution in [1.82, 2.24) is 4.98 Å². The first-order valence-corrected chi connectivity index (χ1v) is 11.4. The van der Waals surface area contributed by atoms with E-state index in [9.17, 15) is 9.59 Å². The van der Waals surface area contributed by atoms with Gasteiger partial charge in [0.1, 0.15) is 6.10 Å². The van der Waals surface area contributed by atoms with Crippen molar-refractivity contribution in [3.05, 3.63) is 71.1 Å². The van der Waals surface area contributed by atoms with Gasteiger partial charge in [-0.1, -0.05) is 25.1 Å². The van der Waals surface area contributed by atoms with E-state index in [0.29, 0.717) is 17.4 Å². The molecule has 0 spiro atoms. The number of nitrogens with zero attached hydrogens (tertiary/aromatic N) is 1. The number of methoxy groups -OCH3 is 1. The number of hydrogen-bond acceptors (Lipinski definition) is 5. The molecule has 1 fully saturated rings. The molecular weight excluding hydrogens is 402 g/mol. The standard InChI is InChI=1S/C27H29NO4/c1-16(29)32-24-14-27(2)22(19-5-4-12-28-15-19)10-11-23(27)21-9-6-17-13-18(26(30)31-3)7-8-20(17)25(21)24/h4-5,7-8,10,12-13,15,21,23-25H,6,9,11,14H2,1-3H3/t21-,23-,24+,25+,27+/m0/s1. The molecule has 32 heavy (non-hydrogen) atoms. The van der Waals surface area contributed by atoms with Crippen LogP contribution < -0.4 is 0 Å². The maximum atomic E-state index is 12.1. The first-order chi connectivity index (χ1) is 15.4. The van der Waals surface area contributed by atoms with E-state index in [1.165, 1.54) is 30.7 Å². The summed E-state index contributed by atoms with van der Waals surface area (Å²) in [5.74, 6) is 0.500. The summed E-state index contributed by atoms with van der Waals surface area (Å²) >= 11 is 0. The van der Waals surface area contributed by atoms with Crippen LogP contribution in [0.1, 0.15) is 66.1 Å². The van der Waals surface area contributed by atoms with Gasteiger partial charge in [-0.2, -0.15) is 0 Å². The number of allylic oxidation sites excluding steroid dienone is 2. The van der Waals surface area contributed by atoms with Gasteiger partial charge in [-0.05, 0) is 83.4 Å². The first kappa shape index (κ1) is 20.9. The molecule has 5 nitrogen and oxygen atoms in total. The minimum Gasteiger partial charge on any atom is -0.465 e. The van der Waals surface area contributed by atoms with E-state index in [1.54, 1.807) is 6.20 Å². The molecule has 0 amide bonds. The number of ether oxygens (including phenoxy) is 2. The van der Waals surface area contributed by atoms with Gasteiger partial charge >= 0.3 is 11.9 Å². The third-order valence-electron chi connectivity index (χ3n) is 7.97. The lowest BCUT2D eigenvalue weighted by Gasteiger charge is -2.53. The highest BCUT2D eigenvalue weighted by Gasteiger charge is 2.56. The Bertz CT molecular complexity index is 1090. The van der Waals surface area contributed by atoms with Crippen molar-refractivity contribution in [3.63, 3.8) is 0 Å². The van der Waals surface area contributed by atoms with Gasteiger partial charge in [-0.25, -0.2) is 4.79 Å². The van der Waals surface area contributed by atoms with Gasteiger partial charge in [-0.3, -0.25) is 9.78 Å². The van der Waals surface area contributed by atoms with Crippen LogP contribution in [0.25, 0.3) is 5.57 Å². The predicted molar refractivity (Wildman–Crippen MR) is 121 cm³/mol. The van der Waals surface area contributed by atoms with Gasteiger partial charge in [0.15, 0.2) is 0 Å². The van der Waals surface area contributed by atoms with Gasteiger partial charge in [0.05, 0.1) is 12.7 Å². The topological polar surface area (TPSA) is 65.5 Å². The third kappa shape index (κ3) is 3.26. The first-order valence-electron chi connectivity index (χ1n) is 11.4. The van der Waals surface area contributed by atoms with E-state index in [4.69, 9.17) is 9.47 Å². The molecule has 3 aliphatic carbocycles. The Morgan fingerprint density at radius 2 is 2.06 bits per heavy atom. The molecule has 0 aliphatic heterocycles. The molecule has 0 N–H and O–H groups in total. The Morgan fingerprint density at radius 1 is 1.22 bits per heavy atom. The van der Waals surface area contributed by atoms with Crippen LogP contribution in [0, 0.1) is 17.3 Å². The van der Waals surface area contributed by atoms with Crippen molar-refractivity contribution >= 4 is 17.5 Å². The number of esters is 2. The molecule has 3 aliphatic rings. The van der Waals surface area contributed by atoms with Gasteiger partial charge in [-0.15, -0.1) is 0 Å². The van der Waals surface area contributed by atoms with E-state index in [0.717, 1.165) is 31.2 Å². The van der Waals surface area contributed by atoms with Crippen LogP contribution in [0.2, 0.25) is 0 Å². The number of pyridine rings is 1. The fraction of sp³-hybridized carbons (Fsp3) is 0.444. The monoisotopic (exact) mass is 431 g/mol. The molecule has 166 valence electrons. The summed E-state index contributed by atoms with van der Waals surface area (Å²) in [5.41, 5.74) is 5.41. The molecule has 5 rings (SSSR count). The number of benzene rings is 1. The predicted octanol–water partition coefficient (Wildman–Crippen LogP) is 4.96. The average Bonchev–Trinajstić information content (AvgIpc) is 3.14. The number of rotatable bonds is 3. The highest BCUT2D eigenvalue weighted by molar-refractivity contribution is 5.89. The zero-order valence-electron chi connectivity index (χ0n) is 18.8. The normalized spacial score (nSPS) is 30.4. The number of fused-ring (bicyclic) bond motifs is 5. The molecule has 5 atom stereocenters. The van der Waals surface area contributed by atoms with Crippen LogP contribution in [0.4, 0.5) is 0 Å². The maximum Gasteiger partial charge on any atom is 0.337 e. The lowest BCUT2D eigenvalue weighted by Crippen LogP contribution is -2.49. The van der Waals surface area contributed by atoms with E-state index in [2.05, 4.69) is 30.1 Å². The second-order valence-corrected chi connectivity index (χ2v) is 9.60. The smallest absolute Gasteiger partial charge is 0.337 e. The summed E-state index contributed by atoms with van der Waals surface area (Å²) in [6, 6.07) is 9.98. The molecule has 0 unspecified atom stereocenters. The summed E-state index contributed by atoms with van der Waals surface area (Å²) < 4.78 is 10.9. The third-order valence-corrected chi connectivity index (χ3v) is 7.97. The molecule has 1 saturated carbocycles. The minimum absolute atomic E-state index is 0.0617. The van der Waals surface area contributed by atoms with Crippen molar-refractivity contribution in [1.29, 1.82) is 0 Å². The van der Waals surface area contributed by atoms with Gasteiger partial charge in [0.2, 0.25) is 0 Å². The molecule has 1 aromatic heterocycles. The summed E-state index contributed by atoms with van der Waals surface area (Å²) in [4.78, 5) is 28.5. The molecule has 0 saturated heterocycles. The number of hydrogen-bond donors (Lipinski definition) is 0. The van der Waals surface area contributed by atoms with Crippen LogP contribution in [0.5, 0.6) is 0 Å². The summed E-state index contributed by atoms with van der Waals surface area (Å²) in [6.07, 6.45) is 9.69. The van der Waals surface area contributed by atoms with Crippen molar-refractivity contribution in [3.8, 4) is 0 Å². The van der Waals surface area contributed by atoms with E-state index < -0.39 is 0 Å². The highest BCUT2D eigenvalue weighted by atomic mass is 16.5. The summed E-state index contributed by atoms with van der Waals surface area (Å²) in [7, 11) is 1.41. The van der Waals surface area contributed by atoms with Crippen molar-refractivity contribution in [2.75, 3.05) is 7.11 Å².